The smallest absolute Gasteiger partial charge is 0.337 e. The predicted molar refractivity (Wildman–Crippen MR) is 87.5 cm³/mol. The van der Waals surface area contributed by atoms with Gasteiger partial charge in [0.15, 0.2) is 0 Å². The molecule has 0 saturated carbocycles. The molecule has 22 heavy (non-hydrogen) atoms. The zero-order valence-corrected chi connectivity index (χ0v) is 14.4. The summed E-state index contributed by atoms with van der Waals surface area (Å²) < 4.78 is 32.4. The summed E-state index contributed by atoms with van der Waals surface area (Å²) >= 11 is 3.25. The number of sulfonamides is 1. The molecule has 0 bridgehead atoms. The van der Waals surface area contributed by atoms with Gasteiger partial charge in [0.1, 0.15) is 4.90 Å². The lowest BCUT2D eigenvalue weighted by atomic mass is 10.2. The maximum Gasteiger partial charge on any atom is 0.337 e. The van der Waals surface area contributed by atoms with E-state index in [1.807, 2.05) is 6.92 Å². The molecule has 5 nitrogen and oxygen atoms in total. The van der Waals surface area contributed by atoms with Crippen LogP contribution >= 0.6 is 15.9 Å². The summed E-state index contributed by atoms with van der Waals surface area (Å²) in [4.78, 5) is 11.6. The summed E-state index contributed by atoms with van der Waals surface area (Å²) in [7, 11) is -2.49. The second kappa shape index (κ2) is 6.50. The Morgan fingerprint density at radius 3 is 2.55 bits per heavy atom. The van der Waals surface area contributed by atoms with Gasteiger partial charge in [0.25, 0.3) is 10.0 Å². The van der Waals surface area contributed by atoms with Gasteiger partial charge in [-0.25, -0.2) is 13.2 Å². The number of anilines is 1. The minimum Gasteiger partial charge on any atom is -0.465 e. The predicted octanol–water partition coefficient (Wildman–Crippen LogP) is 3.34. The van der Waals surface area contributed by atoms with Crippen molar-refractivity contribution >= 4 is 37.6 Å². The first kappa shape index (κ1) is 16.5. The van der Waals surface area contributed by atoms with Gasteiger partial charge < -0.3 is 4.74 Å². The van der Waals surface area contributed by atoms with Crippen LogP contribution in [0.2, 0.25) is 0 Å². The van der Waals surface area contributed by atoms with Crippen LogP contribution in [0.4, 0.5) is 5.69 Å². The number of hydrogen-bond donors (Lipinski definition) is 1. The minimum atomic E-state index is -3.76. The number of halogens is 1. The molecule has 0 heterocycles. The number of carbonyl (C=O) groups excluding carboxylic acids is 1. The summed E-state index contributed by atoms with van der Waals surface area (Å²) in [6.45, 7) is 1.87. The molecule has 0 atom stereocenters. The zero-order valence-electron chi connectivity index (χ0n) is 12.0. The molecule has 0 aliphatic heterocycles. The van der Waals surface area contributed by atoms with Gasteiger partial charge in [-0.15, -0.1) is 0 Å². The number of rotatable bonds is 4. The number of nitrogens with one attached hydrogen (secondary N) is 1. The largest absolute Gasteiger partial charge is 0.465 e. The highest BCUT2D eigenvalue weighted by Gasteiger charge is 2.18. The molecule has 0 aliphatic carbocycles. The zero-order chi connectivity index (χ0) is 16.3. The highest BCUT2D eigenvalue weighted by Crippen LogP contribution is 2.25. The first-order valence-electron chi connectivity index (χ1n) is 6.31. The van der Waals surface area contributed by atoms with Crippen molar-refractivity contribution in [3.05, 3.63) is 58.1 Å². The van der Waals surface area contributed by atoms with Crippen molar-refractivity contribution in [2.45, 2.75) is 11.8 Å². The van der Waals surface area contributed by atoms with Crippen molar-refractivity contribution in [2.75, 3.05) is 11.8 Å². The monoisotopic (exact) mass is 383 g/mol. The first-order chi connectivity index (χ1) is 10.3. The van der Waals surface area contributed by atoms with E-state index < -0.39 is 16.0 Å². The van der Waals surface area contributed by atoms with Crippen LogP contribution in [0.25, 0.3) is 0 Å². The number of hydrogen-bond acceptors (Lipinski definition) is 4. The van der Waals surface area contributed by atoms with Crippen LogP contribution < -0.4 is 4.72 Å². The number of benzene rings is 2. The van der Waals surface area contributed by atoms with E-state index in [1.165, 1.54) is 19.2 Å². The van der Waals surface area contributed by atoms with Crippen molar-refractivity contribution in [1.29, 1.82) is 0 Å². The van der Waals surface area contributed by atoms with Gasteiger partial charge in [-0.2, -0.15) is 0 Å². The fourth-order valence-corrected chi connectivity index (χ4v) is 4.10. The molecule has 2 aromatic carbocycles. The Labute approximate surface area is 137 Å². The molecule has 0 aromatic heterocycles. The van der Waals surface area contributed by atoms with Gasteiger partial charge in [0, 0.05) is 10.2 Å². The topological polar surface area (TPSA) is 72.5 Å². The van der Waals surface area contributed by atoms with Crippen LogP contribution in [0.15, 0.2) is 51.8 Å². The van der Waals surface area contributed by atoms with Gasteiger partial charge in [-0.1, -0.05) is 12.1 Å². The number of carbonyl (C=O) groups is 1. The third kappa shape index (κ3) is 3.66. The molecule has 0 saturated heterocycles. The van der Waals surface area contributed by atoms with Gasteiger partial charge in [0.2, 0.25) is 0 Å². The van der Waals surface area contributed by atoms with Gasteiger partial charge in [0.05, 0.1) is 12.7 Å². The maximum absolute atomic E-state index is 12.4. The molecule has 2 aromatic rings. The molecule has 0 amide bonds. The lowest BCUT2D eigenvalue weighted by molar-refractivity contribution is 0.0601. The van der Waals surface area contributed by atoms with Crippen LogP contribution in [0.1, 0.15) is 15.9 Å². The van der Waals surface area contributed by atoms with E-state index in [2.05, 4.69) is 25.4 Å². The number of esters is 1. The quantitative estimate of drug-likeness (QED) is 0.821. The van der Waals surface area contributed by atoms with Crippen LogP contribution in [0.5, 0.6) is 0 Å². The fraction of sp³-hybridized carbons (Fsp3) is 0.133. The minimum absolute atomic E-state index is 0.126. The second-order valence-corrected chi connectivity index (χ2v) is 7.12. The summed E-state index contributed by atoms with van der Waals surface area (Å²) in [5.74, 6) is -0.530. The molecule has 7 heteroatoms. The standard InChI is InChI=1S/C15H14BrNO4S/c1-10-6-7-14(13(16)8-10)22(19,20)17-12-5-3-4-11(9-12)15(18)21-2/h3-9,17H,1-2H3. The Morgan fingerprint density at radius 2 is 1.91 bits per heavy atom. The van der Waals surface area contributed by atoms with Crippen LogP contribution in [-0.4, -0.2) is 21.5 Å². The van der Waals surface area contributed by atoms with E-state index in [0.717, 1.165) is 5.56 Å². The van der Waals surface area contributed by atoms with E-state index >= 15 is 0 Å². The Bertz CT molecular complexity index is 818. The highest BCUT2D eigenvalue weighted by molar-refractivity contribution is 9.10. The van der Waals surface area contributed by atoms with E-state index in [9.17, 15) is 13.2 Å². The Balaban J connectivity index is 2.35. The van der Waals surface area contributed by atoms with Crippen LogP contribution in [0.3, 0.4) is 0 Å². The number of ether oxygens (including phenoxy) is 1. The summed E-state index contributed by atoms with van der Waals surface area (Å²) in [5, 5.41) is 0. The lowest BCUT2D eigenvalue weighted by Gasteiger charge is -2.11. The number of methoxy groups -OCH3 is 1. The molecule has 0 aliphatic rings. The molecule has 2 rings (SSSR count). The van der Waals surface area contributed by atoms with Crippen molar-refractivity contribution in [1.82, 2.24) is 0 Å². The van der Waals surface area contributed by atoms with Crippen molar-refractivity contribution in [3.8, 4) is 0 Å². The average molecular weight is 384 g/mol. The molecule has 0 fully saturated rings. The fourth-order valence-electron chi connectivity index (χ4n) is 1.86. The third-order valence-electron chi connectivity index (χ3n) is 2.91. The summed E-state index contributed by atoms with van der Waals surface area (Å²) in [5.41, 5.74) is 1.50. The van der Waals surface area contributed by atoms with Crippen LogP contribution in [-0.2, 0) is 14.8 Å². The van der Waals surface area contributed by atoms with Crippen molar-refractivity contribution in [3.63, 3.8) is 0 Å². The second-order valence-electron chi connectivity index (χ2n) is 4.61. The maximum atomic E-state index is 12.4. The molecule has 0 unspecified atom stereocenters. The number of aryl methyl sites for hydroxylation is 1. The Morgan fingerprint density at radius 1 is 1.18 bits per heavy atom. The molecule has 116 valence electrons. The molecular weight excluding hydrogens is 370 g/mol. The third-order valence-corrected chi connectivity index (χ3v) is 5.27. The van der Waals surface area contributed by atoms with E-state index in [0.29, 0.717) is 4.47 Å². The van der Waals surface area contributed by atoms with Crippen molar-refractivity contribution < 1.29 is 17.9 Å². The molecular formula is C15H14BrNO4S. The summed E-state index contributed by atoms with van der Waals surface area (Å²) in [6.07, 6.45) is 0. The van der Waals surface area contributed by atoms with E-state index in [1.54, 1.807) is 30.3 Å². The van der Waals surface area contributed by atoms with Gasteiger partial charge in [-0.05, 0) is 58.7 Å². The lowest BCUT2D eigenvalue weighted by Crippen LogP contribution is -2.14. The SMILES string of the molecule is COC(=O)c1cccc(NS(=O)(=O)c2ccc(C)cc2Br)c1. The van der Waals surface area contributed by atoms with Gasteiger partial charge in [-0.3, -0.25) is 4.72 Å². The molecule has 0 radical (unpaired) electrons. The van der Waals surface area contributed by atoms with Crippen LogP contribution in [0, 0.1) is 6.92 Å². The Hall–Kier alpha value is -1.86. The van der Waals surface area contributed by atoms with E-state index in [4.69, 9.17) is 0 Å². The van der Waals surface area contributed by atoms with Gasteiger partial charge >= 0.3 is 5.97 Å². The molecule has 0 spiro atoms. The van der Waals surface area contributed by atoms with E-state index in [-0.39, 0.29) is 16.1 Å². The molecule has 1 N–H and O–H groups in total. The summed E-state index contributed by atoms with van der Waals surface area (Å²) in [6, 6.07) is 11.1. The van der Waals surface area contributed by atoms with Crippen molar-refractivity contribution in [2.24, 2.45) is 0 Å². The first-order valence-corrected chi connectivity index (χ1v) is 8.58. The Kier molecular flexibility index (Phi) is 4.87. The highest BCUT2D eigenvalue weighted by atomic mass is 79.9. The normalized spacial score (nSPS) is 11.0. The average Bonchev–Trinajstić information content (AvgIpc) is 2.45.